The van der Waals surface area contributed by atoms with Crippen LogP contribution in [0.1, 0.15) is 5.56 Å². The zero-order valence-electron chi connectivity index (χ0n) is 13.0. The third-order valence-electron chi connectivity index (χ3n) is 3.49. The van der Waals surface area contributed by atoms with Crippen molar-refractivity contribution in [3.8, 4) is 11.5 Å². The van der Waals surface area contributed by atoms with Crippen LogP contribution in [0, 0.1) is 6.92 Å². The van der Waals surface area contributed by atoms with Crippen LogP contribution in [0.5, 0.6) is 11.5 Å². The summed E-state index contributed by atoms with van der Waals surface area (Å²) in [6.45, 7) is 2.94. The van der Waals surface area contributed by atoms with E-state index in [2.05, 4.69) is 5.32 Å². The SMILES string of the molecule is Cc1ccc(SCC(=O)NC[C@H]2COc3ccccc3O2)cc1. The van der Waals surface area contributed by atoms with Crippen LogP contribution < -0.4 is 14.8 Å². The van der Waals surface area contributed by atoms with Crippen LogP contribution in [-0.4, -0.2) is 30.9 Å². The molecule has 0 bridgehead atoms. The van der Waals surface area contributed by atoms with Gasteiger partial charge in [0.1, 0.15) is 12.7 Å². The number of ether oxygens (including phenoxy) is 2. The number of carbonyl (C=O) groups is 1. The Hall–Kier alpha value is -2.14. The Bertz CT molecular complexity index is 672. The van der Waals surface area contributed by atoms with Crippen molar-refractivity contribution < 1.29 is 14.3 Å². The molecular weight excluding hydrogens is 310 g/mol. The summed E-state index contributed by atoms with van der Waals surface area (Å²) in [5.74, 6) is 1.88. The van der Waals surface area contributed by atoms with E-state index in [1.807, 2.05) is 55.5 Å². The minimum absolute atomic E-state index is 0.00182. The number of benzene rings is 2. The number of para-hydroxylation sites is 2. The molecule has 1 aliphatic heterocycles. The van der Waals surface area contributed by atoms with E-state index in [9.17, 15) is 4.79 Å². The van der Waals surface area contributed by atoms with Crippen molar-refractivity contribution in [1.82, 2.24) is 5.32 Å². The monoisotopic (exact) mass is 329 g/mol. The van der Waals surface area contributed by atoms with Crippen LogP contribution in [-0.2, 0) is 4.79 Å². The molecule has 4 nitrogen and oxygen atoms in total. The average Bonchev–Trinajstić information content (AvgIpc) is 2.59. The lowest BCUT2D eigenvalue weighted by Crippen LogP contribution is -2.41. The van der Waals surface area contributed by atoms with E-state index < -0.39 is 0 Å². The highest BCUT2D eigenvalue weighted by atomic mass is 32.2. The van der Waals surface area contributed by atoms with Gasteiger partial charge in [0.2, 0.25) is 5.91 Å². The van der Waals surface area contributed by atoms with Gasteiger partial charge >= 0.3 is 0 Å². The molecular formula is C18H19NO3S. The number of nitrogens with one attached hydrogen (secondary N) is 1. The third kappa shape index (κ3) is 4.42. The molecule has 0 unspecified atom stereocenters. The van der Waals surface area contributed by atoms with Gasteiger partial charge in [-0.25, -0.2) is 0 Å². The minimum Gasteiger partial charge on any atom is -0.486 e. The first-order valence-corrected chi connectivity index (χ1v) is 8.54. The Morgan fingerprint density at radius 2 is 1.91 bits per heavy atom. The summed E-state index contributed by atoms with van der Waals surface area (Å²) < 4.78 is 11.4. The van der Waals surface area contributed by atoms with Crippen molar-refractivity contribution in [2.45, 2.75) is 17.9 Å². The van der Waals surface area contributed by atoms with Gasteiger partial charge in [-0.15, -0.1) is 11.8 Å². The number of fused-ring (bicyclic) bond motifs is 1. The Kier molecular flexibility index (Phi) is 5.08. The Morgan fingerprint density at radius 1 is 1.17 bits per heavy atom. The highest BCUT2D eigenvalue weighted by molar-refractivity contribution is 8.00. The quantitative estimate of drug-likeness (QED) is 0.857. The van der Waals surface area contributed by atoms with Crippen LogP contribution in [0.25, 0.3) is 0 Å². The molecule has 1 amide bonds. The molecule has 0 aromatic heterocycles. The first-order valence-electron chi connectivity index (χ1n) is 7.55. The summed E-state index contributed by atoms with van der Waals surface area (Å²) in [6, 6.07) is 15.7. The van der Waals surface area contributed by atoms with Crippen molar-refractivity contribution in [2.75, 3.05) is 18.9 Å². The van der Waals surface area contributed by atoms with Crippen LogP contribution in [0.3, 0.4) is 0 Å². The van der Waals surface area contributed by atoms with Gasteiger partial charge in [0.05, 0.1) is 12.3 Å². The number of rotatable bonds is 5. The Labute approximate surface area is 140 Å². The van der Waals surface area contributed by atoms with Gasteiger partial charge in [-0.05, 0) is 31.2 Å². The Morgan fingerprint density at radius 3 is 2.70 bits per heavy atom. The molecule has 23 heavy (non-hydrogen) atoms. The standard InChI is InChI=1S/C18H19NO3S/c1-13-6-8-15(9-7-13)23-12-18(20)19-10-14-11-21-16-4-2-3-5-17(16)22-14/h2-9,14H,10-12H2,1H3,(H,19,20)/t14-/m0/s1. The number of hydrogen-bond donors (Lipinski definition) is 1. The largest absolute Gasteiger partial charge is 0.486 e. The van der Waals surface area contributed by atoms with Crippen molar-refractivity contribution in [1.29, 1.82) is 0 Å². The van der Waals surface area contributed by atoms with Crippen molar-refractivity contribution >= 4 is 17.7 Å². The third-order valence-corrected chi connectivity index (χ3v) is 4.50. The molecule has 3 rings (SSSR count). The lowest BCUT2D eigenvalue weighted by atomic mass is 10.2. The van der Waals surface area contributed by atoms with Crippen molar-refractivity contribution in [3.63, 3.8) is 0 Å². The fraction of sp³-hybridized carbons (Fsp3) is 0.278. The highest BCUT2D eigenvalue weighted by Gasteiger charge is 2.20. The van der Waals surface area contributed by atoms with Gasteiger partial charge in [-0.2, -0.15) is 0 Å². The number of hydrogen-bond acceptors (Lipinski definition) is 4. The molecule has 0 spiro atoms. The minimum atomic E-state index is -0.154. The molecule has 2 aromatic carbocycles. The van der Waals surface area contributed by atoms with E-state index in [0.29, 0.717) is 18.9 Å². The van der Waals surface area contributed by atoms with E-state index in [4.69, 9.17) is 9.47 Å². The lowest BCUT2D eigenvalue weighted by Gasteiger charge is -2.26. The van der Waals surface area contributed by atoms with Crippen LogP contribution in [0.4, 0.5) is 0 Å². The molecule has 1 atom stereocenters. The van der Waals surface area contributed by atoms with Gasteiger partial charge in [-0.3, -0.25) is 4.79 Å². The molecule has 120 valence electrons. The van der Waals surface area contributed by atoms with Gasteiger partial charge in [0, 0.05) is 4.90 Å². The molecule has 0 saturated carbocycles. The molecule has 0 fully saturated rings. The fourth-order valence-electron chi connectivity index (χ4n) is 2.23. The normalized spacial score (nSPS) is 16.0. The number of thioether (sulfide) groups is 1. The molecule has 0 saturated heterocycles. The summed E-state index contributed by atoms with van der Waals surface area (Å²) in [4.78, 5) is 13.0. The topological polar surface area (TPSA) is 47.6 Å². The van der Waals surface area contributed by atoms with Crippen LogP contribution >= 0.6 is 11.8 Å². The predicted molar refractivity (Wildman–Crippen MR) is 91.3 cm³/mol. The second kappa shape index (κ2) is 7.42. The number of amides is 1. The van der Waals surface area contributed by atoms with E-state index >= 15 is 0 Å². The van der Waals surface area contributed by atoms with Crippen molar-refractivity contribution in [2.24, 2.45) is 0 Å². The molecule has 1 heterocycles. The van der Waals surface area contributed by atoms with E-state index in [0.717, 1.165) is 16.4 Å². The second-order valence-corrected chi connectivity index (χ2v) is 6.45. The van der Waals surface area contributed by atoms with Crippen LogP contribution in [0.2, 0.25) is 0 Å². The molecule has 1 aliphatic rings. The second-order valence-electron chi connectivity index (χ2n) is 5.40. The highest BCUT2D eigenvalue weighted by Crippen LogP contribution is 2.30. The van der Waals surface area contributed by atoms with Gasteiger partial charge < -0.3 is 14.8 Å². The smallest absolute Gasteiger partial charge is 0.230 e. The fourth-order valence-corrected chi connectivity index (χ4v) is 2.95. The number of carbonyl (C=O) groups excluding carboxylic acids is 1. The summed E-state index contributed by atoms with van der Waals surface area (Å²) in [5.41, 5.74) is 1.22. The Balaban J connectivity index is 1.42. The first-order chi connectivity index (χ1) is 11.2. The molecule has 5 heteroatoms. The zero-order valence-corrected chi connectivity index (χ0v) is 13.8. The average molecular weight is 329 g/mol. The maximum atomic E-state index is 11.9. The summed E-state index contributed by atoms with van der Waals surface area (Å²) in [5, 5.41) is 2.90. The maximum absolute atomic E-state index is 11.9. The van der Waals surface area contributed by atoms with Crippen molar-refractivity contribution in [3.05, 3.63) is 54.1 Å². The van der Waals surface area contributed by atoms with Gasteiger partial charge in [-0.1, -0.05) is 29.8 Å². The van der Waals surface area contributed by atoms with E-state index in [1.165, 1.54) is 17.3 Å². The van der Waals surface area contributed by atoms with Crippen LogP contribution in [0.15, 0.2) is 53.4 Å². The summed E-state index contributed by atoms with van der Waals surface area (Å²) >= 11 is 1.53. The number of aryl methyl sites for hydroxylation is 1. The lowest BCUT2D eigenvalue weighted by molar-refractivity contribution is -0.119. The zero-order chi connectivity index (χ0) is 16.1. The summed E-state index contributed by atoms with van der Waals surface area (Å²) in [6.07, 6.45) is -0.154. The first kappa shape index (κ1) is 15.7. The van der Waals surface area contributed by atoms with Gasteiger partial charge in [0.15, 0.2) is 11.5 Å². The predicted octanol–water partition coefficient (Wildman–Crippen LogP) is 3.04. The molecule has 0 radical (unpaired) electrons. The maximum Gasteiger partial charge on any atom is 0.230 e. The summed E-state index contributed by atoms with van der Waals surface area (Å²) in [7, 11) is 0. The van der Waals surface area contributed by atoms with E-state index in [1.54, 1.807) is 0 Å². The molecule has 2 aromatic rings. The van der Waals surface area contributed by atoms with E-state index in [-0.39, 0.29) is 12.0 Å². The molecule has 0 aliphatic carbocycles. The molecule has 1 N–H and O–H groups in total. The van der Waals surface area contributed by atoms with Gasteiger partial charge in [0.25, 0.3) is 0 Å².